The minimum absolute atomic E-state index is 0.182. The minimum Gasteiger partial charge on any atom is -0.449 e. The third-order valence-electron chi connectivity index (χ3n) is 1.98. The number of rotatable bonds is 1. The van der Waals surface area contributed by atoms with E-state index in [1.807, 2.05) is 0 Å². The highest BCUT2D eigenvalue weighted by molar-refractivity contribution is 5.68. The van der Waals surface area contributed by atoms with Gasteiger partial charge in [0, 0.05) is 19.5 Å². The van der Waals surface area contributed by atoms with Crippen LogP contribution in [0.2, 0.25) is 0 Å². The Bertz CT molecular complexity index is 136. The second-order valence-corrected chi connectivity index (χ2v) is 2.58. The predicted octanol–water partition coefficient (Wildman–Crippen LogP) is 1.24. The summed E-state index contributed by atoms with van der Waals surface area (Å²) in [6.45, 7) is 2.67. The van der Waals surface area contributed by atoms with Gasteiger partial charge in [-0.15, -0.1) is 0 Å². The fourth-order valence-electron chi connectivity index (χ4n) is 1.20. The summed E-state index contributed by atoms with van der Waals surface area (Å²) in [5, 5.41) is 0. The Kier molecular flexibility index (Phi) is 2.14. The molecule has 0 aromatic carbocycles. The molecule has 0 radical (unpaired) electrons. The van der Waals surface area contributed by atoms with E-state index < -0.39 is 0 Å². The van der Waals surface area contributed by atoms with Gasteiger partial charge in [0.1, 0.15) is 0 Å². The average molecular weight is 143 g/mol. The van der Waals surface area contributed by atoms with Gasteiger partial charge in [-0.2, -0.15) is 0 Å². The lowest BCUT2D eigenvalue weighted by atomic mass is 10.1. The van der Waals surface area contributed by atoms with Gasteiger partial charge in [0.25, 0.3) is 0 Å². The van der Waals surface area contributed by atoms with Crippen molar-refractivity contribution in [1.29, 1.82) is 0 Å². The highest BCUT2D eigenvalue weighted by Crippen LogP contribution is 2.13. The largest absolute Gasteiger partial charge is 0.449 e. The fraction of sp³-hybridized carbons (Fsp3) is 0.857. The Hall–Kier alpha value is -0.730. The molecule has 0 spiro atoms. The van der Waals surface area contributed by atoms with Gasteiger partial charge in [-0.3, -0.25) is 0 Å². The lowest BCUT2D eigenvalue weighted by Crippen LogP contribution is -2.42. The molecule has 1 rings (SSSR count). The fourth-order valence-corrected chi connectivity index (χ4v) is 1.20. The Balaban J connectivity index is 2.51. The second-order valence-electron chi connectivity index (χ2n) is 2.58. The summed E-state index contributed by atoms with van der Waals surface area (Å²) in [4.78, 5) is 12.5. The second kappa shape index (κ2) is 2.90. The number of carbonyl (C=O) groups is 1. The van der Waals surface area contributed by atoms with Crippen LogP contribution in [0.4, 0.5) is 4.79 Å². The summed E-state index contributed by atoms with van der Waals surface area (Å²) < 4.78 is 4.81. The molecular formula is C7H13NO2. The zero-order chi connectivity index (χ0) is 7.56. The molecule has 58 valence electrons. The first-order valence-electron chi connectivity index (χ1n) is 3.65. The van der Waals surface area contributed by atoms with E-state index in [2.05, 4.69) is 6.92 Å². The van der Waals surface area contributed by atoms with Crippen molar-refractivity contribution >= 4 is 6.09 Å². The van der Waals surface area contributed by atoms with Crippen molar-refractivity contribution in [2.45, 2.75) is 25.8 Å². The molecule has 0 saturated carbocycles. The van der Waals surface area contributed by atoms with Crippen molar-refractivity contribution < 1.29 is 9.53 Å². The molecule has 1 heterocycles. The number of amides is 1. The quantitative estimate of drug-likeness (QED) is 0.552. The van der Waals surface area contributed by atoms with Crippen molar-refractivity contribution in [3.63, 3.8) is 0 Å². The normalized spacial score (nSPS) is 26.4. The van der Waals surface area contributed by atoms with E-state index in [0.717, 1.165) is 12.8 Å². The maximum Gasteiger partial charge on any atom is 0.409 e. The standard InChI is InChI=1S/C7H13NO2/c1-3-6-4-5-10-7(9)8(6)2/h6H,3-5H2,1-2H3/t6-/m0/s1. The summed E-state index contributed by atoms with van der Waals surface area (Å²) in [6.07, 6.45) is 1.81. The SMILES string of the molecule is CC[C@H]1CCOC(=O)N1C. The van der Waals surface area contributed by atoms with Crippen LogP contribution >= 0.6 is 0 Å². The predicted molar refractivity (Wildman–Crippen MR) is 37.8 cm³/mol. The van der Waals surface area contributed by atoms with E-state index in [-0.39, 0.29) is 6.09 Å². The number of nitrogens with zero attached hydrogens (tertiary/aromatic N) is 1. The van der Waals surface area contributed by atoms with Crippen LogP contribution in [0.1, 0.15) is 19.8 Å². The third kappa shape index (κ3) is 1.23. The van der Waals surface area contributed by atoms with Crippen LogP contribution in [0.3, 0.4) is 0 Å². The van der Waals surface area contributed by atoms with Crippen LogP contribution < -0.4 is 0 Å². The van der Waals surface area contributed by atoms with Crippen LogP contribution in [0, 0.1) is 0 Å². The first-order valence-corrected chi connectivity index (χ1v) is 3.65. The van der Waals surface area contributed by atoms with E-state index in [9.17, 15) is 4.79 Å². The van der Waals surface area contributed by atoms with Gasteiger partial charge in [0.2, 0.25) is 0 Å². The van der Waals surface area contributed by atoms with E-state index >= 15 is 0 Å². The summed E-state index contributed by atoms with van der Waals surface area (Å²) in [5.74, 6) is 0. The molecule has 3 nitrogen and oxygen atoms in total. The average Bonchev–Trinajstić information content (AvgIpc) is 1.95. The monoisotopic (exact) mass is 143 g/mol. The van der Waals surface area contributed by atoms with E-state index in [0.29, 0.717) is 12.6 Å². The number of hydrogen-bond acceptors (Lipinski definition) is 2. The number of hydrogen-bond donors (Lipinski definition) is 0. The van der Waals surface area contributed by atoms with Crippen LogP contribution in [0.5, 0.6) is 0 Å². The molecule has 1 fully saturated rings. The maximum atomic E-state index is 10.9. The summed E-state index contributed by atoms with van der Waals surface area (Å²) in [7, 11) is 1.79. The van der Waals surface area contributed by atoms with Crippen molar-refractivity contribution in [1.82, 2.24) is 4.90 Å². The first kappa shape index (κ1) is 7.38. The van der Waals surface area contributed by atoms with Gasteiger partial charge >= 0.3 is 6.09 Å². The van der Waals surface area contributed by atoms with Crippen molar-refractivity contribution in [2.75, 3.05) is 13.7 Å². The van der Waals surface area contributed by atoms with Crippen molar-refractivity contribution in [3.05, 3.63) is 0 Å². The molecule has 0 bridgehead atoms. The van der Waals surface area contributed by atoms with Gasteiger partial charge in [0.05, 0.1) is 6.61 Å². The zero-order valence-corrected chi connectivity index (χ0v) is 6.46. The van der Waals surface area contributed by atoms with Gasteiger partial charge < -0.3 is 9.64 Å². The molecule has 1 amide bonds. The Morgan fingerprint density at radius 1 is 1.80 bits per heavy atom. The van der Waals surface area contributed by atoms with Crippen LogP contribution in [-0.4, -0.2) is 30.7 Å². The minimum atomic E-state index is -0.182. The topological polar surface area (TPSA) is 29.5 Å². The maximum absolute atomic E-state index is 10.9. The van der Waals surface area contributed by atoms with Gasteiger partial charge in [0.15, 0.2) is 0 Å². The highest BCUT2D eigenvalue weighted by atomic mass is 16.6. The molecule has 0 N–H and O–H groups in total. The Labute approximate surface area is 61.0 Å². The van der Waals surface area contributed by atoms with Crippen molar-refractivity contribution in [2.24, 2.45) is 0 Å². The van der Waals surface area contributed by atoms with E-state index in [1.165, 1.54) is 0 Å². The van der Waals surface area contributed by atoms with E-state index in [4.69, 9.17) is 4.74 Å². The highest BCUT2D eigenvalue weighted by Gasteiger charge is 2.23. The number of carbonyl (C=O) groups excluding carboxylic acids is 1. The van der Waals surface area contributed by atoms with Gasteiger partial charge in [-0.25, -0.2) is 4.79 Å². The van der Waals surface area contributed by atoms with Crippen LogP contribution in [0.15, 0.2) is 0 Å². The first-order chi connectivity index (χ1) is 4.75. The van der Waals surface area contributed by atoms with E-state index in [1.54, 1.807) is 11.9 Å². The molecule has 1 atom stereocenters. The van der Waals surface area contributed by atoms with Crippen molar-refractivity contribution in [3.8, 4) is 0 Å². The van der Waals surface area contributed by atoms with Crippen LogP contribution in [0.25, 0.3) is 0 Å². The molecule has 0 aromatic rings. The summed E-state index contributed by atoms with van der Waals surface area (Å²) >= 11 is 0. The smallest absolute Gasteiger partial charge is 0.409 e. The zero-order valence-electron chi connectivity index (χ0n) is 6.46. The van der Waals surface area contributed by atoms with Gasteiger partial charge in [-0.1, -0.05) is 6.92 Å². The molecular weight excluding hydrogens is 130 g/mol. The summed E-state index contributed by atoms with van der Waals surface area (Å²) in [6, 6.07) is 0.390. The summed E-state index contributed by atoms with van der Waals surface area (Å²) in [5.41, 5.74) is 0. The lowest BCUT2D eigenvalue weighted by Gasteiger charge is -2.30. The third-order valence-corrected chi connectivity index (χ3v) is 1.98. The molecule has 3 heteroatoms. The molecule has 1 saturated heterocycles. The lowest BCUT2D eigenvalue weighted by molar-refractivity contribution is 0.0552. The van der Waals surface area contributed by atoms with Crippen LogP contribution in [-0.2, 0) is 4.74 Å². The van der Waals surface area contributed by atoms with Gasteiger partial charge in [-0.05, 0) is 6.42 Å². The molecule has 1 aliphatic heterocycles. The molecule has 10 heavy (non-hydrogen) atoms. The number of cyclic esters (lactones) is 1. The molecule has 0 aliphatic carbocycles. The molecule has 1 aliphatic rings. The molecule has 0 aromatic heterocycles. The molecule has 0 unspecified atom stereocenters. The Morgan fingerprint density at radius 2 is 2.50 bits per heavy atom. The number of ether oxygens (including phenoxy) is 1. The Morgan fingerprint density at radius 3 is 3.00 bits per heavy atom.